The molecule has 1 aromatic carbocycles. The smallest absolute Gasteiger partial charge is 0.326 e. The Morgan fingerprint density at radius 2 is 1.47 bits per heavy atom. The molecule has 9 nitrogen and oxygen atoms in total. The zero-order valence-electron chi connectivity index (χ0n) is 20.1. The SMILES string of the molecule is CCCCCCC[C@@H](C(=O)O)C(CN1C(=O)c2ccccc2C1=O)(C(=O)O)C(=O)OC(C)(C)C. The number of carboxylic acids is 2. The standard InChI is InChI=1S/C25H33NO8/c1-5-6-7-8-9-14-18(21(29)30)25(22(31)32,23(33)34-24(2,3)4)15-26-19(27)16-12-10-11-13-17(16)20(26)28/h10-13,18H,5-9,14-15H2,1-4H3,(H,29,30)(H,31,32)/t18-,25?/m0/s1. The number of ether oxygens (including phenoxy) is 1. The molecule has 1 unspecified atom stereocenters. The van der Waals surface area contributed by atoms with E-state index >= 15 is 0 Å². The van der Waals surface area contributed by atoms with Crippen LogP contribution in [0.5, 0.6) is 0 Å². The lowest BCUT2D eigenvalue weighted by atomic mass is 9.72. The summed E-state index contributed by atoms with van der Waals surface area (Å²) in [6.07, 6.45) is 3.68. The molecule has 0 radical (unpaired) electrons. The molecular weight excluding hydrogens is 442 g/mol. The van der Waals surface area contributed by atoms with E-state index in [0.717, 1.165) is 19.3 Å². The molecule has 186 valence electrons. The summed E-state index contributed by atoms with van der Waals surface area (Å²) in [7, 11) is 0. The summed E-state index contributed by atoms with van der Waals surface area (Å²) in [5, 5.41) is 20.3. The highest BCUT2D eigenvalue weighted by atomic mass is 16.6. The largest absolute Gasteiger partial charge is 0.481 e. The second-order valence-corrected chi connectivity index (χ2v) is 9.61. The maximum absolute atomic E-state index is 13.4. The van der Waals surface area contributed by atoms with Crippen molar-refractivity contribution in [1.82, 2.24) is 4.90 Å². The fourth-order valence-corrected chi connectivity index (χ4v) is 4.15. The first-order valence-electron chi connectivity index (χ1n) is 11.5. The number of benzene rings is 1. The van der Waals surface area contributed by atoms with Crippen LogP contribution in [0.15, 0.2) is 24.3 Å². The van der Waals surface area contributed by atoms with Crippen LogP contribution in [-0.4, -0.2) is 57.0 Å². The molecule has 0 saturated carbocycles. The van der Waals surface area contributed by atoms with Crippen molar-refractivity contribution in [2.24, 2.45) is 11.3 Å². The lowest BCUT2D eigenvalue weighted by molar-refractivity contribution is -0.187. The van der Waals surface area contributed by atoms with Crippen molar-refractivity contribution in [2.45, 2.75) is 71.8 Å². The van der Waals surface area contributed by atoms with Gasteiger partial charge in [-0.1, -0.05) is 51.2 Å². The Hall–Kier alpha value is -3.23. The normalized spacial score (nSPS) is 16.1. The van der Waals surface area contributed by atoms with Crippen molar-refractivity contribution in [3.05, 3.63) is 35.4 Å². The number of fused-ring (bicyclic) bond motifs is 1. The fraction of sp³-hybridized carbons (Fsp3) is 0.560. The predicted octanol–water partition coefficient (Wildman–Crippen LogP) is 3.76. The van der Waals surface area contributed by atoms with E-state index < -0.39 is 53.2 Å². The number of hydrogen-bond donors (Lipinski definition) is 2. The maximum atomic E-state index is 13.4. The van der Waals surface area contributed by atoms with Crippen LogP contribution in [0.2, 0.25) is 0 Å². The van der Waals surface area contributed by atoms with Gasteiger partial charge in [0.1, 0.15) is 5.60 Å². The summed E-state index contributed by atoms with van der Waals surface area (Å²) in [6.45, 7) is 5.68. The minimum absolute atomic E-state index is 0.0717. The summed E-state index contributed by atoms with van der Waals surface area (Å²) < 4.78 is 5.37. The highest BCUT2D eigenvalue weighted by molar-refractivity contribution is 6.22. The average molecular weight is 476 g/mol. The van der Waals surface area contributed by atoms with Gasteiger partial charge in [0.15, 0.2) is 5.41 Å². The van der Waals surface area contributed by atoms with Crippen LogP contribution in [0.1, 0.15) is 86.9 Å². The van der Waals surface area contributed by atoms with Crippen molar-refractivity contribution in [3.63, 3.8) is 0 Å². The van der Waals surface area contributed by atoms with Crippen LogP contribution in [0.4, 0.5) is 0 Å². The molecule has 0 saturated heterocycles. The monoisotopic (exact) mass is 475 g/mol. The number of esters is 1. The van der Waals surface area contributed by atoms with Gasteiger partial charge in [-0.15, -0.1) is 0 Å². The van der Waals surface area contributed by atoms with Crippen molar-refractivity contribution in [2.75, 3.05) is 6.54 Å². The fourth-order valence-electron chi connectivity index (χ4n) is 4.15. The first kappa shape index (κ1) is 27.0. The number of unbranched alkanes of at least 4 members (excludes halogenated alkanes) is 4. The van der Waals surface area contributed by atoms with Crippen LogP contribution in [0.25, 0.3) is 0 Å². The zero-order chi connectivity index (χ0) is 25.7. The molecule has 34 heavy (non-hydrogen) atoms. The van der Waals surface area contributed by atoms with Gasteiger partial charge < -0.3 is 14.9 Å². The number of carbonyl (C=O) groups is 5. The van der Waals surface area contributed by atoms with Gasteiger partial charge in [-0.25, -0.2) is 0 Å². The van der Waals surface area contributed by atoms with Gasteiger partial charge in [0.05, 0.1) is 23.6 Å². The molecule has 0 bridgehead atoms. The first-order valence-corrected chi connectivity index (χ1v) is 11.5. The van der Waals surface area contributed by atoms with E-state index in [1.54, 1.807) is 12.1 Å². The summed E-state index contributed by atoms with van der Waals surface area (Å²) in [6, 6.07) is 5.96. The van der Waals surface area contributed by atoms with Crippen molar-refractivity contribution in [1.29, 1.82) is 0 Å². The lowest BCUT2D eigenvalue weighted by Gasteiger charge is -2.37. The molecular formula is C25H33NO8. The molecule has 2 rings (SSSR count). The molecule has 0 aromatic heterocycles. The van der Waals surface area contributed by atoms with E-state index in [2.05, 4.69) is 0 Å². The van der Waals surface area contributed by atoms with Gasteiger partial charge in [-0.3, -0.25) is 28.9 Å². The molecule has 2 N–H and O–H groups in total. The zero-order valence-corrected chi connectivity index (χ0v) is 20.1. The van der Waals surface area contributed by atoms with Gasteiger partial charge in [-0.05, 0) is 39.3 Å². The Bertz CT molecular complexity index is 929. The van der Waals surface area contributed by atoms with E-state index in [1.807, 2.05) is 6.92 Å². The van der Waals surface area contributed by atoms with Gasteiger partial charge in [0.25, 0.3) is 11.8 Å². The number of rotatable bonds is 12. The number of hydrogen-bond acceptors (Lipinski definition) is 6. The minimum atomic E-state index is -2.67. The molecule has 0 spiro atoms. The molecule has 0 fully saturated rings. The van der Waals surface area contributed by atoms with Crippen molar-refractivity contribution < 1.29 is 38.9 Å². The quantitative estimate of drug-likeness (QED) is 0.202. The van der Waals surface area contributed by atoms with Gasteiger partial charge >= 0.3 is 17.9 Å². The second kappa shape index (κ2) is 10.8. The Kier molecular flexibility index (Phi) is 8.58. The Labute approximate surface area is 199 Å². The van der Waals surface area contributed by atoms with E-state index in [0.29, 0.717) is 17.7 Å². The maximum Gasteiger partial charge on any atom is 0.326 e. The third kappa shape index (κ3) is 5.63. The van der Waals surface area contributed by atoms with Crippen molar-refractivity contribution >= 4 is 29.7 Å². The minimum Gasteiger partial charge on any atom is -0.481 e. The number of carboxylic acid groups (broad SMARTS) is 2. The van der Waals surface area contributed by atoms with E-state index in [9.17, 15) is 34.2 Å². The molecule has 1 aliphatic rings. The molecule has 0 aliphatic carbocycles. The van der Waals surface area contributed by atoms with Crippen LogP contribution in [0, 0.1) is 11.3 Å². The summed E-state index contributed by atoms with van der Waals surface area (Å²) in [5.74, 6) is -7.79. The molecule has 2 atom stereocenters. The number of nitrogens with zero attached hydrogens (tertiary/aromatic N) is 1. The third-order valence-corrected chi connectivity index (χ3v) is 5.92. The summed E-state index contributed by atoms with van der Waals surface area (Å²) in [4.78, 5) is 64.9. The predicted molar refractivity (Wildman–Crippen MR) is 122 cm³/mol. The number of aliphatic carboxylic acids is 2. The molecule has 2 amide bonds. The summed E-state index contributed by atoms with van der Waals surface area (Å²) >= 11 is 0. The van der Waals surface area contributed by atoms with Gasteiger partial charge in [0.2, 0.25) is 0 Å². The number of amides is 2. The molecule has 9 heteroatoms. The van der Waals surface area contributed by atoms with E-state index in [1.165, 1.54) is 32.9 Å². The van der Waals surface area contributed by atoms with E-state index in [-0.39, 0.29) is 17.5 Å². The average Bonchev–Trinajstić information content (AvgIpc) is 2.98. The van der Waals surface area contributed by atoms with Gasteiger partial charge in [-0.2, -0.15) is 0 Å². The second-order valence-electron chi connectivity index (χ2n) is 9.61. The molecule has 1 aromatic rings. The van der Waals surface area contributed by atoms with Gasteiger partial charge in [0, 0.05) is 0 Å². The summed E-state index contributed by atoms with van der Waals surface area (Å²) in [5.41, 5.74) is -3.65. The molecule has 1 aliphatic heterocycles. The van der Waals surface area contributed by atoms with E-state index in [4.69, 9.17) is 4.74 Å². The number of imide groups is 1. The van der Waals surface area contributed by atoms with Crippen LogP contribution in [-0.2, 0) is 19.1 Å². The third-order valence-electron chi connectivity index (χ3n) is 5.92. The lowest BCUT2D eigenvalue weighted by Crippen LogP contribution is -2.58. The van der Waals surface area contributed by atoms with Crippen LogP contribution in [0.3, 0.4) is 0 Å². The highest BCUT2D eigenvalue weighted by Gasteiger charge is 2.60. The molecule has 1 heterocycles. The topological polar surface area (TPSA) is 138 Å². The Morgan fingerprint density at radius 3 is 1.91 bits per heavy atom. The number of carbonyl (C=O) groups excluding carboxylic acids is 3. The highest BCUT2D eigenvalue weighted by Crippen LogP contribution is 2.39. The Balaban J connectivity index is 2.52. The van der Waals surface area contributed by atoms with Crippen molar-refractivity contribution in [3.8, 4) is 0 Å². The van der Waals surface area contributed by atoms with Crippen LogP contribution < -0.4 is 0 Å². The Morgan fingerprint density at radius 1 is 0.941 bits per heavy atom. The van der Waals surface area contributed by atoms with Crippen LogP contribution >= 0.6 is 0 Å². The first-order chi connectivity index (χ1) is 15.9.